The molecule has 0 spiro atoms. The average molecular weight is 595 g/mol. The van der Waals surface area contributed by atoms with E-state index in [9.17, 15) is 9.90 Å². The zero-order valence-electron chi connectivity index (χ0n) is 24.3. The molecule has 4 aliphatic heterocycles. The number of aromatic nitrogens is 5. The number of aliphatic hydroxyl groups is 1. The molecule has 7 heterocycles. The predicted molar refractivity (Wildman–Crippen MR) is 165 cm³/mol. The third-order valence-corrected chi connectivity index (χ3v) is 9.43. The summed E-state index contributed by atoms with van der Waals surface area (Å²) in [5.74, 6) is 1.76. The highest BCUT2D eigenvalue weighted by Crippen LogP contribution is 2.42. The number of anilines is 3. The minimum absolute atomic E-state index is 0.0400. The lowest BCUT2D eigenvalue weighted by Crippen LogP contribution is -2.51. The number of piperidine rings is 3. The Labute approximate surface area is 253 Å². The highest BCUT2D eigenvalue weighted by molar-refractivity contribution is 5.84. The van der Waals surface area contributed by atoms with Gasteiger partial charge in [0.1, 0.15) is 12.5 Å². The molecule has 3 saturated heterocycles. The molecule has 4 aliphatic rings. The van der Waals surface area contributed by atoms with E-state index in [4.69, 9.17) is 19.2 Å². The molecule has 3 aromatic heterocycles. The van der Waals surface area contributed by atoms with E-state index < -0.39 is 0 Å². The summed E-state index contributed by atoms with van der Waals surface area (Å²) in [6.45, 7) is 4.49. The van der Waals surface area contributed by atoms with E-state index in [1.807, 2.05) is 59.3 Å². The lowest BCUT2D eigenvalue weighted by molar-refractivity contribution is 0.0156. The summed E-state index contributed by atoms with van der Waals surface area (Å²) in [6.07, 6.45) is 4.83. The Kier molecular flexibility index (Phi) is 6.69. The smallest absolute Gasteiger partial charge is 0.276 e. The minimum Gasteiger partial charge on any atom is -0.394 e. The standard InChI is InChI=1S/C32H34N8O4/c41-19-26(21-4-2-1-3-5-21)35-25-17-28(34-22-6-7-23-27(16-22)39-14-15-43-20-40(39)30(23)42)33-18-24(25)29-36-31(37-44-29)32-8-11-38(12-9-32)13-10-32/h1-7,16-18,26,41H,8-15,19-20H2,(H2,33,34,35)/t26-/m1/s1. The molecule has 3 fully saturated rings. The zero-order valence-corrected chi connectivity index (χ0v) is 24.3. The number of hydrogen-bond acceptors (Lipinski definition) is 10. The molecule has 12 heteroatoms. The van der Waals surface area contributed by atoms with Gasteiger partial charge in [-0.3, -0.25) is 9.48 Å². The van der Waals surface area contributed by atoms with Crippen molar-refractivity contribution in [3.05, 3.63) is 82.5 Å². The van der Waals surface area contributed by atoms with Gasteiger partial charge in [-0.25, -0.2) is 9.67 Å². The Balaban J connectivity index is 1.15. The summed E-state index contributed by atoms with van der Waals surface area (Å²) in [5.41, 5.74) is 3.85. The lowest BCUT2D eigenvalue weighted by Gasteiger charge is -2.46. The molecule has 12 nitrogen and oxygen atoms in total. The number of hydrogen-bond donors (Lipinski definition) is 3. The van der Waals surface area contributed by atoms with Gasteiger partial charge in [-0.05, 0) is 62.7 Å². The van der Waals surface area contributed by atoms with Crippen LogP contribution in [0.15, 0.2) is 70.1 Å². The minimum atomic E-state index is -0.368. The van der Waals surface area contributed by atoms with Crippen LogP contribution in [0.25, 0.3) is 22.4 Å². The summed E-state index contributed by atoms with van der Waals surface area (Å²) in [5, 5.41) is 22.4. The molecule has 9 rings (SSSR count). The molecular formula is C32H34N8O4. The van der Waals surface area contributed by atoms with Crippen LogP contribution < -0.4 is 16.2 Å². The van der Waals surface area contributed by atoms with Crippen molar-refractivity contribution in [2.75, 3.05) is 43.5 Å². The SMILES string of the molecule is O=c1c2ccc(Nc3cc(N[C@H](CO)c4ccccc4)c(-c4nc(C56CCN(CC5)CC6)no4)cn3)cc2n2n1COCC2. The molecule has 1 atom stereocenters. The average Bonchev–Trinajstić information content (AvgIpc) is 3.69. The summed E-state index contributed by atoms with van der Waals surface area (Å²) in [7, 11) is 0. The van der Waals surface area contributed by atoms with Gasteiger partial charge in [-0.15, -0.1) is 0 Å². The number of nitrogens with zero attached hydrogens (tertiary/aromatic N) is 6. The van der Waals surface area contributed by atoms with Gasteiger partial charge in [0.25, 0.3) is 11.4 Å². The van der Waals surface area contributed by atoms with Gasteiger partial charge in [0.15, 0.2) is 5.82 Å². The van der Waals surface area contributed by atoms with Crippen LogP contribution in [0, 0.1) is 0 Å². The maximum atomic E-state index is 12.8. The van der Waals surface area contributed by atoms with E-state index in [0.29, 0.717) is 41.5 Å². The van der Waals surface area contributed by atoms with Crippen molar-refractivity contribution in [3.8, 4) is 11.5 Å². The second-order valence-electron chi connectivity index (χ2n) is 11.9. The molecule has 5 aromatic rings. The van der Waals surface area contributed by atoms with Crippen molar-refractivity contribution in [1.29, 1.82) is 0 Å². The van der Waals surface area contributed by atoms with Crippen molar-refractivity contribution in [2.24, 2.45) is 0 Å². The van der Waals surface area contributed by atoms with E-state index in [0.717, 1.165) is 61.5 Å². The van der Waals surface area contributed by atoms with Crippen molar-refractivity contribution in [3.63, 3.8) is 0 Å². The van der Waals surface area contributed by atoms with Gasteiger partial charge in [-0.2, -0.15) is 4.98 Å². The van der Waals surface area contributed by atoms with Gasteiger partial charge in [0.05, 0.1) is 48.0 Å². The van der Waals surface area contributed by atoms with Crippen molar-refractivity contribution in [1.82, 2.24) is 29.4 Å². The normalized spacial score (nSPS) is 21.7. The first-order valence-corrected chi connectivity index (χ1v) is 15.2. The number of nitrogens with one attached hydrogen (secondary N) is 2. The lowest BCUT2D eigenvalue weighted by atomic mass is 9.71. The van der Waals surface area contributed by atoms with Gasteiger partial charge < -0.3 is 29.9 Å². The molecule has 3 N–H and O–H groups in total. The zero-order chi connectivity index (χ0) is 29.7. The van der Waals surface area contributed by atoms with Gasteiger partial charge in [0, 0.05) is 23.4 Å². The molecule has 0 saturated carbocycles. The van der Waals surface area contributed by atoms with Gasteiger partial charge in [-0.1, -0.05) is 35.5 Å². The quantitative estimate of drug-likeness (QED) is 0.243. The number of aliphatic hydroxyl groups excluding tert-OH is 1. The summed E-state index contributed by atoms with van der Waals surface area (Å²) >= 11 is 0. The summed E-state index contributed by atoms with van der Waals surface area (Å²) in [6, 6.07) is 17.0. The second kappa shape index (κ2) is 10.9. The fraction of sp³-hybridized carbons (Fsp3) is 0.375. The van der Waals surface area contributed by atoms with Crippen LogP contribution in [0.1, 0.15) is 36.7 Å². The van der Waals surface area contributed by atoms with Crippen LogP contribution in [0.4, 0.5) is 17.2 Å². The van der Waals surface area contributed by atoms with E-state index >= 15 is 0 Å². The molecule has 0 aliphatic carbocycles. The van der Waals surface area contributed by atoms with Crippen LogP contribution in [-0.4, -0.2) is 67.3 Å². The van der Waals surface area contributed by atoms with Crippen molar-refractivity contribution in [2.45, 2.75) is 44.0 Å². The first kappa shape index (κ1) is 27.1. The number of fused-ring (bicyclic) bond motifs is 6. The molecule has 0 radical (unpaired) electrons. The third kappa shape index (κ3) is 4.66. The van der Waals surface area contributed by atoms with Gasteiger partial charge in [0.2, 0.25) is 0 Å². The topological polar surface area (TPSA) is 136 Å². The first-order valence-electron chi connectivity index (χ1n) is 15.2. The number of rotatable bonds is 8. The highest BCUT2D eigenvalue weighted by atomic mass is 16.5. The molecule has 44 heavy (non-hydrogen) atoms. The summed E-state index contributed by atoms with van der Waals surface area (Å²) < 4.78 is 15.0. The van der Waals surface area contributed by atoms with Gasteiger partial charge >= 0.3 is 0 Å². The molecular weight excluding hydrogens is 560 g/mol. The van der Waals surface area contributed by atoms with Crippen LogP contribution in [0.5, 0.6) is 0 Å². The number of pyridine rings is 1. The highest BCUT2D eigenvalue weighted by Gasteiger charge is 2.44. The Morgan fingerprint density at radius 3 is 2.61 bits per heavy atom. The Morgan fingerprint density at radius 2 is 1.82 bits per heavy atom. The molecule has 0 amide bonds. The van der Waals surface area contributed by atoms with Crippen LogP contribution in [0.2, 0.25) is 0 Å². The first-order chi connectivity index (χ1) is 21.6. The fourth-order valence-electron chi connectivity index (χ4n) is 6.83. The van der Waals surface area contributed by atoms with Crippen molar-refractivity contribution >= 4 is 28.1 Å². The van der Waals surface area contributed by atoms with Crippen LogP contribution in [-0.2, 0) is 23.4 Å². The Morgan fingerprint density at radius 1 is 1.00 bits per heavy atom. The molecule has 0 unspecified atom stereocenters. The second-order valence-corrected chi connectivity index (χ2v) is 11.9. The van der Waals surface area contributed by atoms with Crippen LogP contribution >= 0.6 is 0 Å². The van der Waals surface area contributed by atoms with E-state index in [-0.39, 0.29) is 30.4 Å². The Bertz CT molecular complexity index is 1860. The molecule has 2 aromatic carbocycles. The van der Waals surface area contributed by atoms with E-state index in [2.05, 4.69) is 20.7 Å². The predicted octanol–water partition coefficient (Wildman–Crippen LogP) is 3.86. The van der Waals surface area contributed by atoms with Crippen LogP contribution in [0.3, 0.4) is 0 Å². The number of ether oxygens (including phenoxy) is 1. The largest absolute Gasteiger partial charge is 0.394 e. The monoisotopic (exact) mass is 594 g/mol. The van der Waals surface area contributed by atoms with E-state index in [1.165, 1.54) is 0 Å². The fourth-order valence-corrected chi connectivity index (χ4v) is 6.83. The number of benzene rings is 2. The summed E-state index contributed by atoms with van der Waals surface area (Å²) in [4.78, 5) is 25.0. The molecule has 226 valence electrons. The molecule has 2 bridgehead atoms. The third-order valence-electron chi connectivity index (χ3n) is 9.43. The van der Waals surface area contributed by atoms with E-state index in [1.54, 1.807) is 10.9 Å². The Hall–Kier alpha value is -4.52. The maximum Gasteiger partial charge on any atom is 0.276 e. The maximum absolute atomic E-state index is 12.8. The van der Waals surface area contributed by atoms with Crippen molar-refractivity contribution < 1.29 is 14.4 Å².